The van der Waals surface area contributed by atoms with E-state index in [0.717, 1.165) is 25.7 Å². The zero-order valence-electron chi connectivity index (χ0n) is 33.2. The van der Waals surface area contributed by atoms with Crippen LogP contribution in [0.5, 0.6) is 0 Å². The maximum absolute atomic E-state index is 14.2. The van der Waals surface area contributed by atoms with Crippen molar-refractivity contribution in [3.63, 3.8) is 0 Å². The first-order chi connectivity index (χ1) is 25.9. The van der Waals surface area contributed by atoms with Crippen molar-refractivity contribution in [3.8, 4) is 0 Å². The fourth-order valence-corrected chi connectivity index (χ4v) is 8.58. The third-order valence-corrected chi connectivity index (χ3v) is 12.0. The summed E-state index contributed by atoms with van der Waals surface area (Å²) in [4.78, 5) is 85.0. The van der Waals surface area contributed by atoms with Crippen LogP contribution in [-0.2, 0) is 28.8 Å². The van der Waals surface area contributed by atoms with Gasteiger partial charge in [0.1, 0.15) is 30.2 Å². The number of aliphatic hydroxyl groups excluding tert-OH is 1. The van der Waals surface area contributed by atoms with Crippen molar-refractivity contribution < 1.29 is 33.9 Å². The van der Waals surface area contributed by atoms with Gasteiger partial charge in [0.05, 0.1) is 6.10 Å². The van der Waals surface area contributed by atoms with Gasteiger partial charge in [-0.25, -0.2) is 0 Å². The first-order valence-corrected chi connectivity index (χ1v) is 22.0. The molecule has 2 aliphatic heterocycles. The minimum atomic E-state index is -1.17. The van der Waals surface area contributed by atoms with E-state index in [1.54, 1.807) is 4.90 Å². The summed E-state index contributed by atoms with van der Waals surface area (Å²) in [5.74, 6) is -0.984. The zero-order valence-corrected chi connectivity index (χ0v) is 34.1. The maximum Gasteiger partial charge on any atom is 0.245 e. The molecule has 3 fully saturated rings. The van der Waals surface area contributed by atoms with E-state index in [0.29, 0.717) is 95.6 Å². The lowest BCUT2D eigenvalue weighted by Gasteiger charge is -2.38. The number of aliphatic hydroxyl groups is 1. The Hall–Kier alpha value is -2.91. The molecule has 308 valence electrons. The van der Waals surface area contributed by atoms with Crippen molar-refractivity contribution >= 4 is 47.2 Å². The van der Waals surface area contributed by atoms with Gasteiger partial charge in [0.2, 0.25) is 35.4 Å². The molecule has 0 aromatic heterocycles. The van der Waals surface area contributed by atoms with Gasteiger partial charge in [-0.15, -0.1) is 0 Å². The molecule has 2 heterocycles. The summed E-state index contributed by atoms with van der Waals surface area (Å²) in [6.45, 7) is 7.00. The molecule has 3 aliphatic rings. The van der Waals surface area contributed by atoms with Gasteiger partial charge in [-0.2, -0.15) is 11.8 Å². The molecule has 15 heteroatoms. The second-order valence-electron chi connectivity index (χ2n) is 15.6. The van der Waals surface area contributed by atoms with Crippen LogP contribution in [0.3, 0.4) is 0 Å². The third-order valence-electron chi connectivity index (χ3n) is 11.3. The number of carbonyl (C=O) groups excluding carboxylic acids is 6. The quantitative estimate of drug-likeness (QED) is 0.0945. The van der Waals surface area contributed by atoms with E-state index < -0.39 is 59.9 Å². The molecule has 0 radical (unpaired) electrons. The standard InChI is InChI=1S/C39H69N7O7S/c1-5-21-41-37(51)34(27(3)47)44-36(50)32-18-13-23-46(32)39(53)30(19-24-54-4)43-35(49)31-17-10-12-22-45(31)38(52)29(16-9-11-20-40)42-33(48)25-26(2)28-14-7-6-8-15-28/h26-32,34,47H,5-25,40H2,1-4H3,(H,41,51)(H,42,48)(H,43,49)(H,44,50)/t26-,27+,29-,30-,31-,32-,34-/m0/s1. The highest BCUT2D eigenvalue weighted by Gasteiger charge is 2.41. The lowest BCUT2D eigenvalue weighted by molar-refractivity contribution is -0.147. The highest BCUT2D eigenvalue weighted by Crippen LogP contribution is 2.31. The number of likely N-dealkylation sites (tertiary alicyclic amines) is 2. The molecular formula is C39H69N7O7S. The Labute approximate surface area is 327 Å². The number of piperidine rings is 1. The number of rotatable bonds is 21. The van der Waals surface area contributed by atoms with E-state index in [9.17, 15) is 33.9 Å². The summed E-state index contributed by atoms with van der Waals surface area (Å²) in [7, 11) is 0. The number of carbonyl (C=O) groups is 6. The van der Waals surface area contributed by atoms with Crippen molar-refractivity contribution in [3.05, 3.63) is 0 Å². The minimum absolute atomic E-state index is 0.148. The van der Waals surface area contributed by atoms with E-state index in [1.807, 2.05) is 13.2 Å². The number of thioether (sulfide) groups is 1. The molecule has 0 spiro atoms. The van der Waals surface area contributed by atoms with Crippen LogP contribution in [0.1, 0.15) is 124 Å². The number of amides is 6. The summed E-state index contributed by atoms with van der Waals surface area (Å²) < 4.78 is 0. The van der Waals surface area contributed by atoms with Crippen LogP contribution < -0.4 is 27.0 Å². The van der Waals surface area contributed by atoms with Gasteiger partial charge in [-0.1, -0.05) is 46.0 Å². The molecule has 0 unspecified atom stereocenters. The van der Waals surface area contributed by atoms with Crippen LogP contribution >= 0.6 is 11.8 Å². The van der Waals surface area contributed by atoms with Gasteiger partial charge >= 0.3 is 0 Å². The Morgan fingerprint density at radius 2 is 1.37 bits per heavy atom. The van der Waals surface area contributed by atoms with Crippen LogP contribution in [0.2, 0.25) is 0 Å². The molecule has 1 saturated carbocycles. The van der Waals surface area contributed by atoms with E-state index in [2.05, 4.69) is 28.2 Å². The van der Waals surface area contributed by atoms with Gasteiger partial charge < -0.3 is 41.9 Å². The second kappa shape index (κ2) is 23.9. The molecule has 7 N–H and O–H groups in total. The van der Waals surface area contributed by atoms with Crippen LogP contribution in [0.25, 0.3) is 0 Å². The van der Waals surface area contributed by atoms with Crippen LogP contribution in [0, 0.1) is 11.8 Å². The minimum Gasteiger partial charge on any atom is -0.391 e. The smallest absolute Gasteiger partial charge is 0.245 e. The van der Waals surface area contributed by atoms with Crippen molar-refractivity contribution in [1.29, 1.82) is 0 Å². The number of nitrogens with zero attached hydrogens (tertiary/aromatic N) is 2. The summed E-state index contributed by atoms with van der Waals surface area (Å²) in [6, 6.07) is -4.55. The zero-order chi connectivity index (χ0) is 39.6. The van der Waals surface area contributed by atoms with Gasteiger partial charge in [-0.05, 0) is 102 Å². The van der Waals surface area contributed by atoms with Crippen LogP contribution in [-0.4, -0.2) is 125 Å². The van der Waals surface area contributed by atoms with Crippen molar-refractivity contribution in [2.75, 3.05) is 38.2 Å². The Bertz CT molecular complexity index is 1230. The van der Waals surface area contributed by atoms with E-state index in [-0.39, 0.29) is 17.7 Å². The highest BCUT2D eigenvalue weighted by atomic mass is 32.2. The highest BCUT2D eigenvalue weighted by molar-refractivity contribution is 7.98. The van der Waals surface area contributed by atoms with Crippen LogP contribution in [0.4, 0.5) is 0 Å². The molecule has 3 rings (SSSR count). The molecule has 14 nitrogen and oxygen atoms in total. The lowest BCUT2D eigenvalue weighted by Crippen LogP contribution is -2.61. The predicted molar refractivity (Wildman–Crippen MR) is 211 cm³/mol. The SMILES string of the molecule is CCCNC(=O)[C@@H](NC(=O)[C@@H]1CCCN1C(=O)[C@H](CCSC)NC(=O)[C@@H]1CCCCN1C(=O)[C@H](CCCCN)NC(=O)C[C@H](C)C1CCCCC1)[C@@H](C)O. The van der Waals surface area contributed by atoms with Gasteiger partial charge in [0.25, 0.3) is 0 Å². The Balaban J connectivity index is 1.73. The summed E-state index contributed by atoms with van der Waals surface area (Å²) in [5.41, 5.74) is 5.77. The molecule has 6 amide bonds. The number of unbranched alkanes of at least 4 members (excludes halogenated alkanes) is 1. The molecule has 1 aliphatic carbocycles. The summed E-state index contributed by atoms with van der Waals surface area (Å²) >= 11 is 1.53. The van der Waals surface area contributed by atoms with Gasteiger partial charge in [0.15, 0.2) is 0 Å². The largest absolute Gasteiger partial charge is 0.391 e. The normalized spacial score (nSPS) is 22.0. The van der Waals surface area contributed by atoms with Crippen molar-refractivity contribution in [2.24, 2.45) is 17.6 Å². The molecule has 7 atom stereocenters. The van der Waals surface area contributed by atoms with Crippen LogP contribution in [0.15, 0.2) is 0 Å². The Morgan fingerprint density at radius 3 is 1.98 bits per heavy atom. The maximum atomic E-state index is 14.2. The molecule has 0 aromatic carbocycles. The number of nitrogens with one attached hydrogen (secondary N) is 4. The first-order valence-electron chi connectivity index (χ1n) is 20.6. The first kappa shape index (κ1) is 45.5. The summed E-state index contributed by atoms with van der Waals surface area (Å²) in [5, 5.41) is 21.6. The third kappa shape index (κ3) is 13.7. The van der Waals surface area contributed by atoms with E-state index in [1.165, 1.54) is 42.8 Å². The van der Waals surface area contributed by atoms with E-state index >= 15 is 0 Å². The molecule has 0 aromatic rings. The summed E-state index contributed by atoms with van der Waals surface area (Å²) in [6.07, 6.45) is 12.6. The topological polar surface area (TPSA) is 203 Å². The number of hydrogen-bond acceptors (Lipinski definition) is 9. The monoisotopic (exact) mass is 779 g/mol. The lowest BCUT2D eigenvalue weighted by atomic mass is 9.79. The second-order valence-corrected chi connectivity index (χ2v) is 16.6. The molecule has 0 bridgehead atoms. The molecular weight excluding hydrogens is 711 g/mol. The fourth-order valence-electron chi connectivity index (χ4n) is 8.11. The number of nitrogens with two attached hydrogens (primary N) is 1. The van der Waals surface area contributed by atoms with E-state index in [4.69, 9.17) is 5.73 Å². The molecule has 54 heavy (non-hydrogen) atoms. The Morgan fingerprint density at radius 1 is 0.778 bits per heavy atom. The Kier molecular flexibility index (Phi) is 20.1. The predicted octanol–water partition coefficient (Wildman–Crippen LogP) is 2.21. The van der Waals surface area contributed by atoms with Crippen molar-refractivity contribution in [2.45, 2.75) is 160 Å². The number of hydrogen-bond donors (Lipinski definition) is 6. The van der Waals surface area contributed by atoms with Crippen molar-refractivity contribution in [1.82, 2.24) is 31.1 Å². The average Bonchev–Trinajstić information content (AvgIpc) is 3.67. The fraction of sp³-hybridized carbons (Fsp3) is 0.846. The molecule has 2 saturated heterocycles. The van der Waals surface area contributed by atoms with Gasteiger partial charge in [0, 0.05) is 26.1 Å². The van der Waals surface area contributed by atoms with Gasteiger partial charge in [-0.3, -0.25) is 28.8 Å². The average molecular weight is 780 g/mol.